The van der Waals surface area contributed by atoms with E-state index in [1.54, 1.807) is 27.7 Å². The van der Waals surface area contributed by atoms with Gasteiger partial charge in [0, 0.05) is 6.08 Å². The summed E-state index contributed by atoms with van der Waals surface area (Å²) in [6.45, 7) is 10.3. The molecule has 15 heavy (non-hydrogen) atoms. The molecule has 0 aliphatic rings. The minimum atomic E-state index is -0.696. The highest BCUT2D eigenvalue weighted by atomic mass is 16.8. The molecule has 0 atom stereocenters. The summed E-state index contributed by atoms with van der Waals surface area (Å²) >= 11 is 0. The van der Waals surface area contributed by atoms with Gasteiger partial charge in [-0.15, -0.1) is 5.06 Å². The summed E-state index contributed by atoms with van der Waals surface area (Å²) in [4.78, 5) is 27.2. The normalized spacial score (nSPS) is 10.4. The molecule has 0 rings (SSSR count). The number of carbonyl (C=O) groups is 2. The van der Waals surface area contributed by atoms with Gasteiger partial charge in [0.2, 0.25) is 0 Å². The zero-order valence-electron chi connectivity index (χ0n) is 9.57. The van der Waals surface area contributed by atoms with Crippen LogP contribution < -0.4 is 0 Å². The molecule has 1 amide bonds. The van der Waals surface area contributed by atoms with Crippen LogP contribution in [0.1, 0.15) is 27.7 Å². The van der Waals surface area contributed by atoms with Crippen LogP contribution in [0.2, 0.25) is 0 Å². The number of rotatable bonds is 2. The second-order valence-corrected chi connectivity index (χ2v) is 3.78. The number of hydrogen-bond acceptors (Lipinski definition) is 4. The summed E-state index contributed by atoms with van der Waals surface area (Å²) in [5, 5.41) is 0.889. The number of nitrogens with zero attached hydrogens (tertiary/aromatic N) is 1. The Morgan fingerprint density at radius 3 is 2.27 bits per heavy atom. The molecule has 0 spiro atoms. The molecule has 0 saturated heterocycles. The minimum Gasteiger partial charge on any atom is -0.448 e. The molecule has 5 nitrogen and oxygen atoms in total. The molecule has 0 unspecified atom stereocenters. The molecule has 0 aromatic heterocycles. The van der Waals surface area contributed by atoms with Gasteiger partial charge in [-0.25, -0.2) is 9.59 Å². The average Bonchev–Trinajstić information content (AvgIpc) is 2.12. The maximum Gasteiger partial charge on any atom is 0.443 e. The Labute approximate surface area is 89.6 Å². The second kappa shape index (κ2) is 5.38. The van der Waals surface area contributed by atoms with Crippen molar-refractivity contribution in [3.8, 4) is 0 Å². The minimum absolute atomic E-state index is 0.219. The summed E-state index contributed by atoms with van der Waals surface area (Å²) in [6, 6.07) is 0. The average molecular weight is 215 g/mol. The zero-order chi connectivity index (χ0) is 12.1. The smallest absolute Gasteiger partial charge is 0.443 e. The Morgan fingerprint density at radius 2 is 1.93 bits per heavy atom. The Kier molecular flexibility index (Phi) is 4.84. The molecule has 5 heteroatoms. The van der Waals surface area contributed by atoms with Crippen molar-refractivity contribution in [1.29, 1.82) is 0 Å². The zero-order valence-corrected chi connectivity index (χ0v) is 9.57. The van der Waals surface area contributed by atoms with Crippen LogP contribution in [0, 0.1) is 0 Å². The van der Waals surface area contributed by atoms with Gasteiger partial charge < -0.3 is 9.57 Å². The highest BCUT2D eigenvalue weighted by Crippen LogP contribution is 2.15. The first-order valence-corrected chi connectivity index (χ1v) is 4.64. The van der Waals surface area contributed by atoms with Crippen LogP contribution in [0.3, 0.4) is 0 Å². The van der Waals surface area contributed by atoms with E-state index >= 15 is 0 Å². The van der Waals surface area contributed by atoms with E-state index < -0.39 is 17.6 Å². The Balaban J connectivity index is 4.66. The van der Waals surface area contributed by atoms with Crippen LogP contribution >= 0.6 is 0 Å². The van der Waals surface area contributed by atoms with Gasteiger partial charge in [-0.3, -0.25) is 0 Å². The van der Waals surface area contributed by atoms with E-state index in [9.17, 15) is 9.59 Å². The first-order chi connectivity index (χ1) is 6.82. The molecule has 0 aliphatic carbocycles. The van der Waals surface area contributed by atoms with Gasteiger partial charge in [-0.2, -0.15) is 0 Å². The summed E-state index contributed by atoms with van der Waals surface area (Å²) in [5.74, 6) is -0.696. The van der Waals surface area contributed by atoms with Crippen molar-refractivity contribution in [1.82, 2.24) is 5.06 Å². The lowest BCUT2D eigenvalue weighted by Crippen LogP contribution is -2.46. The Hall–Kier alpha value is -1.52. The van der Waals surface area contributed by atoms with Crippen LogP contribution in [0.15, 0.2) is 12.7 Å². The van der Waals surface area contributed by atoms with Gasteiger partial charge >= 0.3 is 12.1 Å². The molecule has 0 fully saturated rings. The molecule has 0 N–H and O–H groups in total. The van der Waals surface area contributed by atoms with Crippen LogP contribution in [-0.2, 0) is 14.4 Å². The standard InChI is InChI=1S/C10H17NO4/c1-6-8(12)15-11(10(3,4)5)9(13)14-7-2/h6H,1,7H2,2-5H3. The molecule has 0 heterocycles. The van der Waals surface area contributed by atoms with Crippen molar-refractivity contribution >= 4 is 12.1 Å². The lowest BCUT2D eigenvalue weighted by atomic mass is 10.1. The van der Waals surface area contributed by atoms with Crippen LogP contribution in [0.5, 0.6) is 0 Å². The maximum absolute atomic E-state index is 11.4. The predicted molar refractivity (Wildman–Crippen MR) is 54.9 cm³/mol. The van der Waals surface area contributed by atoms with Crippen molar-refractivity contribution in [2.45, 2.75) is 33.2 Å². The molecular formula is C10H17NO4. The largest absolute Gasteiger partial charge is 0.448 e. The maximum atomic E-state index is 11.4. The summed E-state index contributed by atoms with van der Waals surface area (Å²) < 4.78 is 4.75. The van der Waals surface area contributed by atoms with E-state index in [1.807, 2.05) is 0 Å². The lowest BCUT2D eigenvalue weighted by molar-refractivity contribution is -0.194. The molecular weight excluding hydrogens is 198 g/mol. The van der Waals surface area contributed by atoms with Gasteiger partial charge in [-0.1, -0.05) is 6.58 Å². The number of carbonyl (C=O) groups excluding carboxylic acids is 2. The van der Waals surface area contributed by atoms with Crippen molar-refractivity contribution < 1.29 is 19.2 Å². The molecule has 0 saturated carbocycles. The van der Waals surface area contributed by atoms with Crippen molar-refractivity contribution in [2.75, 3.05) is 6.61 Å². The van der Waals surface area contributed by atoms with Gasteiger partial charge in [0.25, 0.3) is 0 Å². The molecule has 0 aliphatic heterocycles. The highest BCUT2D eigenvalue weighted by Gasteiger charge is 2.31. The number of hydrogen-bond donors (Lipinski definition) is 0. The number of ether oxygens (including phenoxy) is 1. The van der Waals surface area contributed by atoms with E-state index in [-0.39, 0.29) is 6.61 Å². The fourth-order valence-corrected chi connectivity index (χ4v) is 0.757. The van der Waals surface area contributed by atoms with E-state index in [0.29, 0.717) is 0 Å². The third kappa shape index (κ3) is 4.49. The molecule has 0 aromatic carbocycles. The predicted octanol–water partition coefficient (Wildman–Crippen LogP) is 1.89. The first kappa shape index (κ1) is 13.5. The first-order valence-electron chi connectivity index (χ1n) is 4.64. The van der Waals surface area contributed by atoms with Crippen molar-refractivity contribution in [3.63, 3.8) is 0 Å². The van der Waals surface area contributed by atoms with Crippen molar-refractivity contribution in [3.05, 3.63) is 12.7 Å². The SMILES string of the molecule is C=CC(=O)ON(C(=O)OCC)C(C)(C)C. The molecule has 0 radical (unpaired) electrons. The third-order valence-corrected chi connectivity index (χ3v) is 1.39. The second-order valence-electron chi connectivity index (χ2n) is 3.78. The van der Waals surface area contributed by atoms with Crippen LogP contribution in [-0.4, -0.2) is 29.3 Å². The van der Waals surface area contributed by atoms with Crippen LogP contribution in [0.25, 0.3) is 0 Å². The van der Waals surface area contributed by atoms with Gasteiger partial charge in [0.15, 0.2) is 0 Å². The van der Waals surface area contributed by atoms with Gasteiger partial charge in [0.05, 0.1) is 12.1 Å². The fraction of sp³-hybridized carbons (Fsp3) is 0.600. The Bertz CT molecular complexity index is 255. The number of amides is 1. The third-order valence-electron chi connectivity index (χ3n) is 1.39. The fourth-order valence-electron chi connectivity index (χ4n) is 0.757. The van der Waals surface area contributed by atoms with Gasteiger partial charge in [0.1, 0.15) is 0 Å². The highest BCUT2D eigenvalue weighted by molar-refractivity contribution is 5.82. The van der Waals surface area contributed by atoms with Crippen molar-refractivity contribution in [2.24, 2.45) is 0 Å². The molecule has 0 aromatic rings. The monoisotopic (exact) mass is 215 g/mol. The summed E-state index contributed by atoms with van der Waals surface area (Å²) in [6.07, 6.45) is 0.290. The number of hydroxylamine groups is 2. The Morgan fingerprint density at radius 1 is 1.40 bits per heavy atom. The van der Waals surface area contributed by atoms with E-state index in [1.165, 1.54) is 0 Å². The lowest BCUT2D eigenvalue weighted by Gasteiger charge is -2.31. The summed E-state index contributed by atoms with van der Waals surface area (Å²) in [7, 11) is 0. The van der Waals surface area contributed by atoms with E-state index in [4.69, 9.17) is 9.57 Å². The molecule has 0 bridgehead atoms. The van der Waals surface area contributed by atoms with E-state index in [0.717, 1.165) is 11.1 Å². The quantitative estimate of drug-likeness (QED) is 0.521. The molecule has 86 valence electrons. The topological polar surface area (TPSA) is 55.8 Å². The van der Waals surface area contributed by atoms with E-state index in [2.05, 4.69) is 6.58 Å². The van der Waals surface area contributed by atoms with Crippen LogP contribution in [0.4, 0.5) is 4.79 Å². The summed E-state index contributed by atoms with van der Waals surface area (Å²) in [5.41, 5.74) is -0.662. The van der Waals surface area contributed by atoms with Gasteiger partial charge in [-0.05, 0) is 27.7 Å².